The fraction of sp³-hybridized carbons (Fsp3) is 0.192. The molecule has 0 spiro atoms. The molecular formula is C26H21BrN2O4S. The highest BCUT2D eigenvalue weighted by Gasteiger charge is 2.29. The van der Waals surface area contributed by atoms with Crippen LogP contribution in [0.15, 0.2) is 63.2 Å². The molecule has 8 heteroatoms. The van der Waals surface area contributed by atoms with Crippen LogP contribution in [0, 0.1) is 0 Å². The van der Waals surface area contributed by atoms with Crippen molar-refractivity contribution in [3.05, 3.63) is 85.6 Å². The van der Waals surface area contributed by atoms with Crippen LogP contribution in [-0.2, 0) is 6.42 Å². The van der Waals surface area contributed by atoms with Crippen molar-refractivity contribution in [1.82, 2.24) is 9.97 Å². The molecule has 0 bridgehead atoms. The van der Waals surface area contributed by atoms with E-state index in [2.05, 4.69) is 25.9 Å². The molecule has 0 fully saturated rings. The molecule has 1 aliphatic rings. The Morgan fingerprint density at radius 1 is 0.971 bits per heavy atom. The third-order valence-corrected chi connectivity index (χ3v) is 7.46. The number of ketones is 1. The molecule has 1 aliphatic carbocycles. The number of Topliss-reactive ketones (excluding diaryl/α,β-unsaturated/α-hetero) is 1. The van der Waals surface area contributed by atoms with E-state index in [0.717, 1.165) is 21.3 Å². The second-order valence-corrected chi connectivity index (χ2v) is 9.87. The average molecular weight is 537 g/mol. The van der Waals surface area contributed by atoms with Crippen LogP contribution in [0.25, 0.3) is 21.8 Å². The number of ether oxygens (including phenoxy) is 2. The fourth-order valence-corrected chi connectivity index (χ4v) is 5.39. The minimum Gasteiger partial charge on any atom is -0.493 e. The number of H-pyrrole nitrogens is 1. The van der Waals surface area contributed by atoms with Crippen molar-refractivity contribution >= 4 is 33.0 Å². The Hall–Kier alpha value is -3.23. The van der Waals surface area contributed by atoms with Crippen molar-refractivity contribution in [3.8, 4) is 33.3 Å². The van der Waals surface area contributed by atoms with Crippen molar-refractivity contribution in [3.63, 3.8) is 0 Å². The van der Waals surface area contributed by atoms with Crippen LogP contribution in [-0.4, -0.2) is 30.0 Å². The first-order valence-electron chi connectivity index (χ1n) is 10.7. The number of aromatic nitrogens is 2. The second kappa shape index (κ2) is 9.19. The van der Waals surface area contributed by atoms with E-state index in [-0.39, 0.29) is 17.3 Å². The molecular weight excluding hydrogens is 516 g/mol. The predicted octanol–water partition coefficient (Wildman–Crippen LogP) is 5.86. The van der Waals surface area contributed by atoms with E-state index in [9.17, 15) is 9.59 Å². The van der Waals surface area contributed by atoms with Gasteiger partial charge in [-0.2, -0.15) is 0 Å². The quantitative estimate of drug-likeness (QED) is 0.345. The Balaban J connectivity index is 1.46. The number of thiazole rings is 1. The molecule has 172 valence electrons. The number of nitrogens with zero attached hydrogens (tertiary/aromatic N) is 1. The lowest BCUT2D eigenvalue weighted by Crippen LogP contribution is -2.24. The minimum absolute atomic E-state index is 0.00299. The maximum absolute atomic E-state index is 13.1. The number of carbonyl (C=O) groups excluding carboxylic acids is 1. The first kappa shape index (κ1) is 22.6. The highest BCUT2D eigenvalue weighted by Crippen LogP contribution is 2.37. The van der Waals surface area contributed by atoms with Crippen molar-refractivity contribution < 1.29 is 14.3 Å². The van der Waals surface area contributed by atoms with Gasteiger partial charge in [-0.05, 0) is 48.2 Å². The van der Waals surface area contributed by atoms with Crippen LogP contribution >= 0.6 is 27.3 Å². The summed E-state index contributed by atoms with van der Waals surface area (Å²) in [6, 6.07) is 15.2. The molecule has 1 N–H and O–H groups in total. The second-order valence-electron chi connectivity index (χ2n) is 8.09. The number of hydrogen-bond acceptors (Lipinski definition) is 6. The van der Waals surface area contributed by atoms with Gasteiger partial charge >= 0.3 is 0 Å². The third-order valence-electron chi connectivity index (χ3n) is 6.06. The molecule has 0 unspecified atom stereocenters. The lowest BCUT2D eigenvalue weighted by Gasteiger charge is -2.24. The van der Waals surface area contributed by atoms with Crippen LogP contribution in [0.1, 0.15) is 34.0 Å². The van der Waals surface area contributed by atoms with Crippen LogP contribution in [0.5, 0.6) is 11.5 Å². The van der Waals surface area contributed by atoms with Gasteiger partial charge in [0.1, 0.15) is 5.01 Å². The van der Waals surface area contributed by atoms with Gasteiger partial charge in [-0.3, -0.25) is 9.59 Å². The van der Waals surface area contributed by atoms with Gasteiger partial charge in [-0.25, -0.2) is 4.98 Å². The Kier molecular flexibility index (Phi) is 6.10. The number of rotatable bonds is 5. The van der Waals surface area contributed by atoms with Crippen LogP contribution in [0.4, 0.5) is 0 Å². The molecule has 1 atom stereocenters. The SMILES string of the molecule is COc1ccc([C@H]2CC(=O)c3cc(-c4nc(-c5ccc(Br)cc5)cs4)c(=O)[nH]c3C2)cc1OC. The first-order chi connectivity index (χ1) is 16.5. The van der Waals surface area contributed by atoms with Gasteiger partial charge in [-0.1, -0.05) is 34.1 Å². The molecule has 0 amide bonds. The van der Waals surface area contributed by atoms with E-state index in [1.165, 1.54) is 11.3 Å². The molecule has 5 rings (SSSR count). The number of hydrogen-bond donors (Lipinski definition) is 1. The highest BCUT2D eigenvalue weighted by atomic mass is 79.9. The molecule has 0 radical (unpaired) electrons. The molecule has 0 saturated heterocycles. The number of benzene rings is 2. The Morgan fingerprint density at radius 2 is 1.74 bits per heavy atom. The van der Waals surface area contributed by atoms with Crippen LogP contribution in [0.3, 0.4) is 0 Å². The first-order valence-corrected chi connectivity index (χ1v) is 12.4. The van der Waals surface area contributed by atoms with E-state index in [1.807, 2.05) is 47.8 Å². The lowest BCUT2D eigenvalue weighted by molar-refractivity contribution is 0.0963. The van der Waals surface area contributed by atoms with Crippen molar-refractivity contribution in [1.29, 1.82) is 0 Å². The van der Waals surface area contributed by atoms with Gasteiger partial charge in [0.2, 0.25) is 0 Å². The smallest absolute Gasteiger partial charge is 0.258 e. The van der Waals surface area contributed by atoms with Gasteiger partial charge in [0, 0.05) is 33.1 Å². The van der Waals surface area contributed by atoms with Gasteiger partial charge in [0.15, 0.2) is 17.3 Å². The number of fused-ring (bicyclic) bond motifs is 1. The van der Waals surface area contributed by atoms with E-state index >= 15 is 0 Å². The maximum Gasteiger partial charge on any atom is 0.258 e. The Morgan fingerprint density at radius 3 is 2.47 bits per heavy atom. The van der Waals surface area contributed by atoms with E-state index in [1.54, 1.807) is 20.3 Å². The van der Waals surface area contributed by atoms with E-state index in [4.69, 9.17) is 9.47 Å². The van der Waals surface area contributed by atoms with E-state index < -0.39 is 0 Å². The normalized spacial score (nSPS) is 15.1. The topological polar surface area (TPSA) is 81.3 Å². The number of nitrogens with one attached hydrogen (secondary N) is 1. The number of halogens is 1. The number of aromatic amines is 1. The summed E-state index contributed by atoms with van der Waals surface area (Å²) >= 11 is 4.83. The number of pyridine rings is 1. The highest BCUT2D eigenvalue weighted by molar-refractivity contribution is 9.10. The summed E-state index contributed by atoms with van der Waals surface area (Å²) < 4.78 is 11.7. The molecule has 2 aromatic carbocycles. The minimum atomic E-state index is -0.240. The molecule has 34 heavy (non-hydrogen) atoms. The zero-order valence-electron chi connectivity index (χ0n) is 18.6. The summed E-state index contributed by atoms with van der Waals surface area (Å²) in [7, 11) is 3.17. The summed E-state index contributed by atoms with van der Waals surface area (Å²) in [5.74, 6) is 1.21. The largest absolute Gasteiger partial charge is 0.493 e. The Labute approximate surface area is 208 Å². The van der Waals surface area contributed by atoms with Crippen molar-refractivity contribution in [2.45, 2.75) is 18.8 Å². The van der Waals surface area contributed by atoms with Gasteiger partial charge in [0.05, 0.1) is 25.5 Å². The van der Waals surface area contributed by atoms with Gasteiger partial charge in [0.25, 0.3) is 5.56 Å². The predicted molar refractivity (Wildman–Crippen MR) is 136 cm³/mol. The molecule has 2 aromatic heterocycles. The van der Waals surface area contributed by atoms with Crippen molar-refractivity contribution in [2.75, 3.05) is 14.2 Å². The summed E-state index contributed by atoms with van der Waals surface area (Å²) in [6.07, 6.45) is 0.921. The summed E-state index contributed by atoms with van der Waals surface area (Å²) in [4.78, 5) is 33.7. The number of methoxy groups -OCH3 is 2. The summed E-state index contributed by atoms with van der Waals surface area (Å²) in [6.45, 7) is 0. The molecule has 0 aliphatic heterocycles. The zero-order chi connectivity index (χ0) is 23.8. The van der Waals surface area contributed by atoms with Crippen LogP contribution in [0.2, 0.25) is 0 Å². The van der Waals surface area contributed by atoms with Gasteiger partial charge < -0.3 is 14.5 Å². The molecule has 0 saturated carbocycles. The fourth-order valence-electron chi connectivity index (χ4n) is 4.28. The molecule has 4 aromatic rings. The summed E-state index contributed by atoms with van der Waals surface area (Å²) in [5, 5.41) is 2.52. The maximum atomic E-state index is 13.1. The molecule has 6 nitrogen and oxygen atoms in total. The van der Waals surface area contributed by atoms with Gasteiger partial charge in [-0.15, -0.1) is 11.3 Å². The lowest BCUT2D eigenvalue weighted by atomic mass is 9.81. The molecule has 2 heterocycles. The standard InChI is InChI=1S/C26H21BrN2O4S/c1-32-23-8-5-15(11-24(23)33-2)16-9-20-18(22(30)10-16)12-19(25(31)28-20)26-29-21(13-34-26)14-3-6-17(27)7-4-14/h3-8,11-13,16H,9-10H2,1-2H3,(H,28,31)/t16-/m1/s1. The van der Waals surface area contributed by atoms with E-state index in [0.29, 0.717) is 46.2 Å². The van der Waals surface area contributed by atoms with Crippen LogP contribution < -0.4 is 15.0 Å². The average Bonchev–Trinajstić information content (AvgIpc) is 3.33. The summed E-state index contributed by atoms with van der Waals surface area (Å²) in [5.41, 5.74) is 4.14. The Bertz CT molecular complexity index is 1440. The monoisotopic (exact) mass is 536 g/mol. The van der Waals surface area contributed by atoms with Crippen molar-refractivity contribution in [2.24, 2.45) is 0 Å². The zero-order valence-corrected chi connectivity index (χ0v) is 21.0. The number of carbonyl (C=O) groups is 1. The third kappa shape index (κ3) is 4.19.